The summed E-state index contributed by atoms with van der Waals surface area (Å²) in [5.74, 6) is 0.180. The second kappa shape index (κ2) is 8.17. The molecule has 132 valence electrons. The van der Waals surface area contributed by atoms with Crippen LogP contribution in [0, 0.1) is 6.92 Å². The van der Waals surface area contributed by atoms with Crippen molar-refractivity contribution in [3.05, 3.63) is 65.7 Å². The van der Waals surface area contributed by atoms with Gasteiger partial charge >= 0.3 is 0 Å². The highest BCUT2D eigenvalue weighted by Gasteiger charge is 2.24. The van der Waals surface area contributed by atoms with Crippen molar-refractivity contribution in [3.8, 4) is 0 Å². The number of nitrogens with zero attached hydrogens (tertiary/aromatic N) is 2. The summed E-state index contributed by atoms with van der Waals surface area (Å²) < 4.78 is 0. The Bertz CT molecular complexity index is 676. The molecule has 1 saturated heterocycles. The molecule has 0 bridgehead atoms. The van der Waals surface area contributed by atoms with Crippen molar-refractivity contribution in [3.63, 3.8) is 0 Å². The van der Waals surface area contributed by atoms with Gasteiger partial charge in [-0.3, -0.25) is 9.69 Å². The fourth-order valence-corrected chi connectivity index (χ4v) is 3.20. The van der Waals surface area contributed by atoms with Crippen LogP contribution in [0.5, 0.6) is 0 Å². The monoisotopic (exact) mass is 337 g/mol. The number of benzene rings is 2. The van der Waals surface area contributed by atoms with Gasteiger partial charge in [0.1, 0.15) is 6.04 Å². The lowest BCUT2D eigenvalue weighted by Crippen LogP contribution is -2.51. The van der Waals surface area contributed by atoms with Gasteiger partial charge in [0.05, 0.1) is 0 Å². The summed E-state index contributed by atoms with van der Waals surface area (Å²) in [4.78, 5) is 17.1. The Balaban J connectivity index is 1.48. The molecular formula is C21H27N3O. The number of nitrogens with one attached hydrogen (secondary N) is 1. The summed E-state index contributed by atoms with van der Waals surface area (Å²) in [7, 11) is 0. The molecule has 0 aliphatic carbocycles. The molecule has 1 aliphatic rings. The van der Waals surface area contributed by atoms with E-state index in [1.807, 2.05) is 30.0 Å². The number of aryl methyl sites for hydroxylation is 1. The predicted octanol–water partition coefficient (Wildman–Crippen LogP) is 3.14. The zero-order valence-electron chi connectivity index (χ0n) is 15.1. The lowest BCUT2D eigenvalue weighted by molar-refractivity contribution is -0.133. The Morgan fingerprint density at radius 1 is 1.00 bits per heavy atom. The molecule has 1 heterocycles. The second-order valence-electron chi connectivity index (χ2n) is 6.82. The minimum atomic E-state index is -0.205. The maximum absolute atomic E-state index is 12.7. The first-order valence-corrected chi connectivity index (χ1v) is 9.00. The zero-order chi connectivity index (χ0) is 17.6. The molecule has 25 heavy (non-hydrogen) atoms. The van der Waals surface area contributed by atoms with Crippen molar-refractivity contribution >= 4 is 11.6 Å². The molecule has 1 amide bonds. The van der Waals surface area contributed by atoms with Gasteiger partial charge in [0.2, 0.25) is 5.91 Å². The van der Waals surface area contributed by atoms with Crippen molar-refractivity contribution in [2.75, 3.05) is 31.5 Å². The van der Waals surface area contributed by atoms with Crippen molar-refractivity contribution < 1.29 is 4.79 Å². The number of carbonyl (C=O) groups is 1. The summed E-state index contributed by atoms with van der Waals surface area (Å²) in [5, 5.41) is 3.31. The van der Waals surface area contributed by atoms with Crippen LogP contribution in [0.25, 0.3) is 0 Å². The van der Waals surface area contributed by atoms with E-state index in [1.165, 1.54) is 11.1 Å². The number of piperazine rings is 1. The Morgan fingerprint density at radius 2 is 1.64 bits per heavy atom. The summed E-state index contributed by atoms with van der Waals surface area (Å²) in [6.45, 7) is 8.42. The number of hydrogen-bond donors (Lipinski definition) is 1. The van der Waals surface area contributed by atoms with E-state index in [4.69, 9.17) is 0 Å². The number of anilines is 1. The summed E-state index contributed by atoms with van der Waals surface area (Å²) in [6, 6.07) is 18.5. The van der Waals surface area contributed by atoms with E-state index in [0.717, 1.165) is 38.4 Å². The van der Waals surface area contributed by atoms with Crippen molar-refractivity contribution in [2.24, 2.45) is 0 Å². The van der Waals surface area contributed by atoms with Crippen LogP contribution in [-0.2, 0) is 11.3 Å². The first-order chi connectivity index (χ1) is 12.1. The van der Waals surface area contributed by atoms with E-state index >= 15 is 0 Å². The second-order valence-corrected chi connectivity index (χ2v) is 6.82. The average Bonchev–Trinajstić information content (AvgIpc) is 2.64. The van der Waals surface area contributed by atoms with Gasteiger partial charge in [0, 0.05) is 38.4 Å². The molecule has 0 saturated carbocycles. The maximum Gasteiger partial charge on any atom is 0.244 e. The number of amides is 1. The lowest BCUT2D eigenvalue weighted by atomic mass is 10.1. The van der Waals surface area contributed by atoms with Gasteiger partial charge in [0.15, 0.2) is 0 Å². The number of carbonyl (C=O) groups excluding carboxylic acids is 1. The van der Waals surface area contributed by atoms with Crippen LogP contribution in [0.15, 0.2) is 54.6 Å². The molecule has 0 aromatic heterocycles. The normalized spacial score (nSPS) is 16.5. The first kappa shape index (κ1) is 17.5. The van der Waals surface area contributed by atoms with Crippen LogP contribution in [0.3, 0.4) is 0 Å². The third-order valence-corrected chi connectivity index (χ3v) is 4.74. The van der Waals surface area contributed by atoms with E-state index in [2.05, 4.69) is 53.5 Å². The van der Waals surface area contributed by atoms with E-state index in [9.17, 15) is 4.79 Å². The van der Waals surface area contributed by atoms with Crippen molar-refractivity contribution in [1.82, 2.24) is 9.80 Å². The molecule has 3 rings (SSSR count). The molecule has 2 aromatic carbocycles. The van der Waals surface area contributed by atoms with Gasteiger partial charge in [-0.2, -0.15) is 0 Å². The fraction of sp³-hybridized carbons (Fsp3) is 0.381. The molecule has 0 unspecified atom stereocenters. The minimum absolute atomic E-state index is 0.180. The van der Waals surface area contributed by atoms with Crippen LogP contribution < -0.4 is 5.32 Å². The maximum atomic E-state index is 12.7. The molecule has 1 N–H and O–H groups in total. The Labute approximate surface area is 150 Å². The van der Waals surface area contributed by atoms with Gasteiger partial charge in [-0.1, -0.05) is 48.0 Å². The standard InChI is InChI=1S/C21H27N3O/c1-17-8-10-20(11-9-17)22-18(2)21(25)24-14-12-23(13-15-24)16-19-6-4-3-5-7-19/h3-11,18,22H,12-16H2,1-2H3/t18-/m0/s1. The van der Waals surface area contributed by atoms with Crippen molar-refractivity contribution in [2.45, 2.75) is 26.4 Å². The zero-order valence-corrected chi connectivity index (χ0v) is 15.1. The van der Waals surface area contributed by atoms with Gasteiger partial charge in [-0.25, -0.2) is 0 Å². The highest BCUT2D eigenvalue weighted by atomic mass is 16.2. The highest BCUT2D eigenvalue weighted by molar-refractivity contribution is 5.84. The predicted molar refractivity (Wildman–Crippen MR) is 103 cm³/mol. The Hall–Kier alpha value is -2.33. The van der Waals surface area contributed by atoms with Gasteiger partial charge in [0.25, 0.3) is 0 Å². The molecule has 2 aromatic rings. The van der Waals surface area contributed by atoms with Crippen molar-refractivity contribution in [1.29, 1.82) is 0 Å². The molecule has 0 spiro atoms. The third kappa shape index (κ3) is 4.83. The summed E-state index contributed by atoms with van der Waals surface area (Å²) in [5.41, 5.74) is 3.55. The van der Waals surface area contributed by atoms with Crippen LogP contribution in [0.4, 0.5) is 5.69 Å². The molecule has 0 radical (unpaired) electrons. The van der Waals surface area contributed by atoms with E-state index in [1.54, 1.807) is 0 Å². The van der Waals surface area contributed by atoms with E-state index in [-0.39, 0.29) is 11.9 Å². The molecule has 1 atom stereocenters. The highest BCUT2D eigenvalue weighted by Crippen LogP contribution is 2.13. The van der Waals surface area contributed by atoms with Crippen LogP contribution in [0.2, 0.25) is 0 Å². The molecule has 1 aliphatic heterocycles. The van der Waals surface area contributed by atoms with Crippen LogP contribution >= 0.6 is 0 Å². The van der Waals surface area contributed by atoms with Gasteiger partial charge < -0.3 is 10.2 Å². The molecular weight excluding hydrogens is 310 g/mol. The van der Waals surface area contributed by atoms with E-state index in [0.29, 0.717) is 0 Å². The van der Waals surface area contributed by atoms with E-state index < -0.39 is 0 Å². The summed E-state index contributed by atoms with van der Waals surface area (Å²) in [6.07, 6.45) is 0. The number of hydrogen-bond acceptors (Lipinski definition) is 3. The molecule has 1 fully saturated rings. The van der Waals surface area contributed by atoms with Gasteiger partial charge in [-0.05, 0) is 31.5 Å². The molecule has 4 nitrogen and oxygen atoms in total. The minimum Gasteiger partial charge on any atom is -0.374 e. The summed E-state index contributed by atoms with van der Waals surface area (Å²) >= 11 is 0. The lowest BCUT2D eigenvalue weighted by Gasteiger charge is -2.36. The third-order valence-electron chi connectivity index (χ3n) is 4.74. The van der Waals surface area contributed by atoms with Crippen LogP contribution in [-0.4, -0.2) is 47.9 Å². The topological polar surface area (TPSA) is 35.6 Å². The Morgan fingerprint density at radius 3 is 2.28 bits per heavy atom. The SMILES string of the molecule is Cc1ccc(N[C@@H](C)C(=O)N2CCN(Cc3ccccc3)CC2)cc1. The number of rotatable bonds is 5. The quantitative estimate of drug-likeness (QED) is 0.910. The Kier molecular flexibility index (Phi) is 5.71. The van der Waals surface area contributed by atoms with Crippen LogP contribution in [0.1, 0.15) is 18.1 Å². The first-order valence-electron chi connectivity index (χ1n) is 9.00. The smallest absolute Gasteiger partial charge is 0.244 e. The average molecular weight is 337 g/mol. The molecule has 4 heteroatoms. The largest absolute Gasteiger partial charge is 0.374 e. The van der Waals surface area contributed by atoms with Gasteiger partial charge in [-0.15, -0.1) is 0 Å². The fourth-order valence-electron chi connectivity index (χ4n) is 3.20.